The minimum Gasteiger partial charge on any atom is -0.466 e. The molecule has 3 N–H and O–H groups in total. The highest BCUT2D eigenvalue weighted by atomic mass is 16.5. The lowest BCUT2D eigenvalue weighted by molar-refractivity contribution is -0.145. The summed E-state index contributed by atoms with van der Waals surface area (Å²) in [4.78, 5) is 26.8. The average Bonchev–Trinajstić information content (AvgIpc) is 3.28. The molecule has 4 aromatic carbocycles. The van der Waals surface area contributed by atoms with E-state index in [2.05, 4.69) is 57.0 Å². The van der Waals surface area contributed by atoms with Crippen LogP contribution < -0.4 is 5.73 Å². The van der Waals surface area contributed by atoms with Gasteiger partial charge in [-0.15, -0.1) is 0 Å². The predicted octanol–water partition coefficient (Wildman–Crippen LogP) is 13.0. The fourth-order valence-corrected chi connectivity index (χ4v) is 5.17. The van der Waals surface area contributed by atoms with Gasteiger partial charge in [-0.3, -0.25) is 14.6 Å². The van der Waals surface area contributed by atoms with E-state index in [0.717, 1.165) is 69.0 Å². The van der Waals surface area contributed by atoms with Gasteiger partial charge in [-0.25, -0.2) is 0 Å². The quantitative estimate of drug-likeness (QED) is 0.0438. The normalized spacial score (nSPS) is 10.0. The fraction of sp³-hybridized carbons (Fsp3) is 0.481. The Morgan fingerprint density at radius 3 is 1.41 bits per heavy atom. The lowest BCUT2D eigenvalue weighted by atomic mass is 10.2. The van der Waals surface area contributed by atoms with Crippen LogP contribution in [0.2, 0.25) is 0 Å². The molecule has 0 aliphatic rings. The summed E-state index contributed by atoms with van der Waals surface area (Å²) in [6.07, 6.45) is 18.8. The Labute approximate surface area is 358 Å². The first kappa shape index (κ1) is 54.4. The van der Waals surface area contributed by atoms with E-state index in [1.807, 2.05) is 103 Å². The van der Waals surface area contributed by atoms with Crippen molar-refractivity contribution in [3.05, 3.63) is 144 Å². The van der Waals surface area contributed by atoms with Crippen LogP contribution in [0.3, 0.4) is 0 Å². The van der Waals surface area contributed by atoms with E-state index in [9.17, 15) is 9.59 Å². The van der Waals surface area contributed by atoms with Gasteiger partial charge in [0.25, 0.3) is 0 Å². The van der Waals surface area contributed by atoms with Gasteiger partial charge in [-0.1, -0.05) is 213 Å². The molecule has 4 rings (SSSR count). The van der Waals surface area contributed by atoms with Gasteiger partial charge in [0.15, 0.2) is 0 Å². The van der Waals surface area contributed by atoms with Crippen LogP contribution in [-0.4, -0.2) is 36.5 Å². The number of carbonyl (C=O) groups excluding carboxylic acids is 2. The number of ether oxygens (including phenoxy) is 2. The third-order valence-corrected chi connectivity index (χ3v) is 8.72. The molecule has 0 atom stereocenters. The molecule has 7 nitrogen and oxygen atoms in total. The van der Waals surface area contributed by atoms with Crippen molar-refractivity contribution in [2.75, 3.05) is 13.2 Å². The van der Waals surface area contributed by atoms with E-state index in [4.69, 9.17) is 20.3 Å². The first-order valence-corrected chi connectivity index (χ1v) is 22.2. The molecule has 0 saturated heterocycles. The Balaban J connectivity index is 0.000000734. The summed E-state index contributed by atoms with van der Waals surface area (Å²) in [5.41, 5.74) is 9.97. The fourth-order valence-electron chi connectivity index (χ4n) is 5.17. The molecule has 0 radical (unpaired) electrons. The summed E-state index contributed by atoms with van der Waals surface area (Å²) in [5, 5.41) is 8.29. The number of hydrogen-bond donors (Lipinski definition) is 2. The summed E-state index contributed by atoms with van der Waals surface area (Å²) in [6, 6.07) is 40.1. The number of aliphatic hydroxyl groups excluding tert-OH is 1. The largest absolute Gasteiger partial charge is 0.466 e. The average molecular weight is 811 g/mol. The predicted molar refractivity (Wildman–Crippen MR) is 249 cm³/mol. The Hall–Kier alpha value is -4.59. The van der Waals surface area contributed by atoms with Crippen molar-refractivity contribution in [3.63, 3.8) is 0 Å². The highest BCUT2D eigenvalue weighted by Gasteiger charge is 2.03. The second-order valence-electron chi connectivity index (χ2n) is 14.2. The topological polar surface area (TPSA) is 111 Å². The number of benzene rings is 4. The molecule has 7 heteroatoms. The van der Waals surface area contributed by atoms with Crippen LogP contribution in [0.5, 0.6) is 0 Å². The van der Waals surface area contributed by atoms with Crippen molar-refractivity contribution in [3.8, 4) is 0 Å². The first-order chi connectivity index (χ1) is 28.9. The summed E-state index contributed by atoms with van der Waals surface area (Å²) < 4.78 is 10.2. The number of aliphatic imine (C=N–C) groups is 1. The van der Waals surface area contributed by atoms with Gasteiger partial charge in [-0.05, 0) is 47.9 Å². The molecule has 0 amide bonds. The molecule has 326 valence electrons. The summed E-state index contributed by atoms with van der Waals surface area (Å²) in [6.45, 7) is 11.4. The minimum absolute atomic E-state index is 0.0186. The highest BCUT2D eigenvalue weighted by Crippen LogP contribution is 2.06. The van der Waals surface area contributed by atoms with E-state index >= 15 is 0 Å². The molecule has 0 aliphatic carbocycles. The van der Waals surface area contributed by atoms with Crippen molar-refractivity contribution < 1.29 is 24.2 Å². The third kappa shape index (κ3) is 37.4. The molecular formula is C52H78N2O5. The molecule has 0 aromatic heterocycles. The molecule has 59 heavy (non-hydrogen) atoms. The van der Waals surface area contributed by atoms with Crippen LogP contribution in [0, 0.1) is 0 Å². The molecule has 0 bridgehead atoms. The van der Waals surface area contributed by atoms with Gasteiger partial charge in [0.05, 0.1) is 13.2 Å². The standard InChI is InChI=1S/C14H13N.C13H18O2.C12H24O2.C7H9N.C6H14O/c1-3-7-13(8-4-1)11-15-12-14-9-5-2-6-10-14;1-2-3-5-10-13(14)15-11-12-8-6-4-7-9-12;1-3-5-7-9-11-14-12(13)10-8-6-4-2;8-6-7-4-2-1-3-5-7;1-2-3-4-5-6-7/h1-11H,12H2;4,6-9H,2-3,5,10-11H2,1H3;3-11H2,1-2H3;1-5H,6,8H2;7H,2-6H2,1H3. The molecule has 0 fully saturated rings. The van der Waals surface area contributed by atoms with Crippen molar-refractivity contribution in [2.24, 2.45) is 10.7 Å². The zero-order chi connectivity index (χ0) is 43.3. The summed E-state index contributed by atoms with van der Waals surface area (Å²) in [5.74, 6) is -0.109. The number of unbranched alkanes of at least 4 members (excludes halogenated alkanes) is 10. The second-order valence-corrected chi connectivity index (χ2v) is 14.2. The SMILES string of the molecule is C(=NCc1ccccc1)c1ccccc1.CCCCCC(=O)OCc1ccccc1.CCCCCCO.CCCCCCOC(=O)CCCCC.NCc1ccccc1. The van der Waals surface area contributed by atoms with Crippen LogP contribution in [-0.2, 0) is 38.8 Å². The molecule has 0 heterocycles. The Kier molecular flexibility index (Phi) is 39.7. The van der Waals surface area contributed by atoms with Gasteiger partial charge in [0, 0.05) is 32.2 Å². The van der Waals surface area contributed by atoms with Gasteiger partial charge in [0.1, 0.15) is 6.61 Å². The maximum absolute atomic E-state index is 11.3. The van der Waals surface area contributed by atoms with Crippen molar-refractivity contribution in [2.45, 2.75) is 150 Å². The maximum Gasteiger partial charge on any atom is 0.306 e. The van der Waals surface area contributed by atoms with Crippen molar-refractivity contribution in [1.82, 2.24) is 0 Å². The van der Waals surface area contributed by atoms with Crippen molar-refractivity contribution in [1.29, 1.82) is 0 Å². The van der Waals surface area contributed by atoms with E-state index in [1.165, 1.54) is 49.7 Å². The van der Waals surface area contributed by atoms with E-state index in [0.29, 0.717) is 39.2 Å². The zero-order valence-corrected chi connectivity index (χ0v) is 37.1. The molecular weight excluding hydrogens is 733 g/mol. The smallest absolute Gasteiger partial charge is 0.306 e. The molecule has 4 aromatic rings. The number of carbonyl (C=O) groups is 2. The highest BCUT2D eigenvalue weighted by molar-refractivity contribution is 5.79. The van der Waals surface area contributed by atoms with Crippen molar-refractivity contribution >= 4 is 18.2 Å². The maximum atomic E-state index is 11.3. The Morgan fingerprint density at radius 1 is 0.525 bits per heavy atom. The van der Waals surface area contributed by atoms with E-state index in [-0.39, 0.29) is 11.9 Å². The lowest BCUT2D eigenvalue weighted by Gasteiger charge is -2.04. The molecule has 0 spiro atoms. The summed E-state index contributed by atoms with van der Waals surface area (Å²) in [7, 11) is 0. The first-order valence-electron chi connectivity index (χ1n) is 22.2. The van der Waals surface area contributed by atoms with Crippen LogP contribution in [0.4, 0.5) is 0 Å². The molecule has 0 saturated carbocycles. The number of nitrogens with two attached hydrogens (primary N) is 1. The number of aliphatic hydroxyl groups is 1. The van der Waals surface area contributed by atoms with Gasteiger partial charge < -0.3 is 20.3 Å². The Morgan fingerprint density at radius 2 is 0.949 bits per heavy atom. The Bertz CT molecular complexity index is 1480. The van der Waals surface area contributed by atoms with Crippen LogP contribution in [0.25, 0.3) is 0 Å². The van der Waals surface area contributed by atoms with Crippen LogP contribution in [0.15, 0.2) is 126 Å². The van der Waals surface area contributed by atoms with Crippen LogP contribution in [0.1, 0.15) is 153 Å². The minimum atomic E-state index is -0.0905. The van der Waals surface area contributed by atoms with Gasteiger partial charge in [0.2, 0.25) is 0 Å². The lowest BCUT2D eigenvalue weighted by Crippen LogP contribution is -2.05. The summed E-state index contributed by atoms with van der Waals surface area (Å²) >= 11 is 0. The zero-order valence-electron chi connectivity index (χ0n) is 37.1. The van der Waals surface area contributed by atoms with Crippen LogP contribution >= 0.6 is 0 Å². The van der Waals surface area contributed by atoms with E-state index < -0.39 is 0 Å². The number of rotatable bonds is 23. The molecule has 0 aliphatic heterocycles. The third-order valence-electron chi connectivity index (χ3n) is 8.72. The number of esters is 2. The van der Waals surface area contributed by atoms with Gasteiger partial charge in [-0.2, -0.15) is 0 Å². The monoisotopic (exact) mass is 811 g/mol. The molecule has 0 unspecified atom stereocenters. The number of nitrogens with zero attached hydrogens (tertiary/aromatic N) is 1. The second kappa shape index (κ2) is 43.0. The van der Waals surface area contributed by atoms with E-state index in [1.54, 1.807) is 0 Å². The van der Waals surface area contributed by atoms with Gasteiger partial charge >= 0.3 is 11.9 Å². The number of hydrogen-bond acceptors (Lipinski definition) is 7.